The van der Waals surface area contributed by atoms with E-state index >= 15 is 0 Å². The van der Waals surface area contributed by atoms with Crippen molar-refractivity contribution in [3.63, 3.8) is 0 Å². The number of phenols is 1. The highest BCUT2D eigenvalue weighted by Crippen LogP contribution is 2.34. The Bertz CT molecular complexity index is 403. The molecule has 0 radical (unpaired) electrons. The van der Waals surface area contributed by atoms with Crippen molar-refractivity contribution in [2.75, 3.05) is 13.2 Å². The van der Waals surface area contributed by atoms with Crippen molar-refractivity contribution in [1.82, 2.24) is 0 Å². The lowest BCUT2D eigenvalue weighted by molar-refractivity contribution is 0.0580. The summed E-state index contributed by atoms with van der Waals surface area (Å²) >= 11 is 0. The third-order valence-electron chi connectivity index (χ3n) is 3.37. The first-order valence-corrected chi connectivity index (χ1v) is 5.92. The fourth-order valence-electron chi connectivity index (χ4n) is 2.34. The second-order valence-corrected chi connectivity index (χ2v) is 4.66. The van der Waals surface area contributed by atoms with Crippen LogP contribution in [0.1, 0.15) is 30.0 Å². The van der Waals surface area contributed by atoms with Crippen LogP contribution in [0.3, 0.4) is 0 Å². The van der Waals surface area contributed by atoms with Crippen LogP contribution in [0.4, 0.5) is 4.39 Å². The molecule has 3 nitrogen and oxygen atoms in total. The number of nitrogens with two attached hydrogens (primary N) is 1. The van der Waals surface area contributed by atoms with Crippen molar-refractivity contribution in [2.45, 2.75) is 25.8 Å². The maximum atomic E-state index is 13.4. The highest BCUT2D eigenvalue weighted by Gasteiger charge is 2.25. The van der Waals surface area contributed by atoms with E-state index in [0.29, 0.717) is 18.8 Å². The van der Waals surface area contributed by atoms with Crippen molar-refractivity contribution < 1.29 is 14.2 Å². The lowest BCUT2D eigenvalue weighted by Crippen LogP contribution is -2.27. The monoisotopic (exact) mass is 239 g/mol. The van der Waals surface area contributed by atoms with Gasteiger partial charge in [0.15, 0.2) is 11.6 Å². The molecule has 94 valence electrons. The van der Waals surface area contributed by atoms with Gasteiger partial charge in [-0.15, -0.1) is 0 Å². The fourth-order valence-corrected chi connectivity index (χ4v) is 2.34. The van der Waals surface area contributed by atoms with Crippen LogP contribution >= 0.6 is 0 Å². The highest BCUT2D eigenvalue weighted by atomic mass is 19.1. The fraction of sp³-hybridized carbons (Fsp3) is 0.538. The number of phenolic OH excluding ortho intramolecular Hbond substituents is 1. The maximum Gasteiger partial charge on any atom is 0.165 e. The van der Waals surface area contributed by atoms with Gasteiger partial charge in [-0.2, -0.15) is 0 Å². The van der Waals surface area contributed by atoms with Gasteiger partial charge < -0.3 is 15.6 Å². The van der Waals surface area contributed by atoms with Gasteiger partial charge in [0.1, 0.15) is 0 Å². The quantitative estimate of drug-likeness (QED) is 0.832. The summed E-state index contributed by atoms with van der Waals surface area (Å²) in [4.78, 5) is 0. The Labute approximate surface area is 100 Å². The molecule has 0 aromatic heterocycles. The summed E-state index contributed by atoms with van der Waals surface area (Å²) in [7, 11) is 0. The van der Waals surface area contributed by atoms with Crippen LogP contribution in [-0.2, 0) is 4.74 Å². The van der Waals surface area contributed by atoms with Crippen LogP contribution in [0.5, 0.6) is 5.75 Å². The molecule has 1 fully saturated rings. The maximum absolute atomic E-state index is 13.4. The average molecular weight is 239 g/mol. The summed E-state index contributed by atoms with van der Waals surface area (Å²) in [6.07, 6.45) is 1.71. The minimum atomic E-state index is -0.595. The van der Waals surface area contributed by atoms with Crippen LogP contribution in [0.15, 0.2) is 12.1 Å². The van der Waals surface area contributed by atoms with Crippen LogP contribution in [0.25, 0.3) is 0 Å². The zero-order valence-corrected chi connectivity index (χ0v) is 9.95. The summed E-state index contributed by atoms with van der Waals surface area (Å²) in [5, 5.41) is 9.74. The van der Waals surface area contributed by atoms with E-state index in [1.807, 2.05) is 0 Å². The predicted molar refractivity (Wildman–Crippen MR) is 63.3 cm³/mol. The zero-order valence-electron chi connectivity index (χ0n) is 9.95. The normalized spacial score (nSPS) is 19.2. The Morgan fingerprint density at radius 3 is 2.71 bits per heavy atom. The summed E-state index contributed by atoms with van der Waals surface area (Å²) < 4.78 is 18.7. The van der Waals surface area contributed by atoms with Gasteiger partial charge in [-0.3, -0.25) is 0 Å². The molecule has 1 aliphatic rings. The van der Waals surface area contributed by atoms with E-state index in [9.17, 15) is 9.50 Å². The molecule has 1 aliphatic heterocycles. The third kappa shape index (κ3) is 2.58. The smallest absolute Gasteiger partial charge is 0.165 e. The second kappa shape index (κ2) is 5.02. The highest BCUT2D eigenvalue weighted by molar-refractivity contribution is 5.39. The van der Waals surface area contributed by atoms with Gasteiger partial charge in [-0.1, -0.05) is 6.07 Å². The summed E-state index contributed by atoms with van der Waals surface area (Å²) in [6, 6.07) is 2.75. The number of hydrogen-bond donors (Lipinski definition) is 2. The molecule has 3 N–H and O–H groups in total. The van der Waals surface area contributed by atoms with Crippen LogP contribution in [-0.4, -0.2) is 18.3 Å². The molecular weight excluding hydrogens is 221 g/mol. The van der Waals surface area contributed by atoms with Crippen LogP contribution in [0.2, 0.25) is 0 Å². The lowest BCUT2D eigenvalue weighted by Gasteiger charge is -2.28. The molecular formula is C13H18FNO2. The van der Waals surface area contributed by atoms with E-state index in [4.69, 9.17) is 10.5 Å². The Kier molecular flexibility index (Phi) is 3.64. The molecule has 0 bridgehead atoms. The molecule has 1 aromatic carbocycles. The van der Waals surface area contributed by atoms with Gasteiger partial charge in [0.05, 0.1) is 0 Å². The van der Waals surface area contributed by atoms with E-state index < -0.39 is 5.82 Å². The molecule has 4 heteroatoms. The summed E-state index contributed by atoms with van der Waals surface area (Å²) in [6.45, 7) is 3.17. The molecule has 0 saturated carbocycles. The molecule has 1 heterocycles. The number of ether oxygens (including phenoxy) is 1. The van der Waals surface area contributed by atoms with Gasteiger partial charge in [-0.05, 0) is 37.3 Å². The Morgan fingerprint density at radius 1 is 1.41 bits per heavy atom. The second-order valence-electron chi connectivity index (χ2n) is 4.66. The summed E-state index contributed by atoms with van der Waals surface area (Å²) in [5.41, 5.74) is 7.41. The number of benzene rings is 1. The molecule has 17 heavy (non-hydrogen) atoms. The van der Waals surface area contributed by atoms with E-state index in [0.717, 1.165) is 18.4 Å². The summed E-state index contributed by atoms with van der Waals surface area (Å²) in [5.74, 6) is -0.659. The van der Waals surface area contributed by atoms with Crippen LogP contribution < -0.4 is 5.73 Å². The van der Waals surface area contributed by atoms with E-state index in [-0.39, 0.29) is 17.7 Å². The molecule has 1 atom stereocenters. The number of aromatic hydroxyl groups is 1. The molecule has 0 aliphatic carbocycles. The molecule has 0 unspecified atom stereocenters. The lowest BCUT2D eigenvalue weighted by atomic mass is 9.87. The van der Waals surface area contributed by atoms with Gasteiger partial charge in [-0.25, -0.2) is 4.39 Å². The van der Waals surface area contributed by atoms with E-state index in [1.165, 1.54) is 6.07 Å². The van der Waals surface area contributed by atoms with Gasteiger partial charge in [0.2, 0.25) is 0 Å². The van der Waals surface area contributed by atoms with Crippen molar-refractivity contribution in [3.05, 3.63) is 29.1 Å². The molecule has 0 amide bonds. The minimum absolute atomic E-state index is 0.246. The third-order valence-corrected chi connectivity index (χ3v) is 3.37. The minimum Gasteiger partial charge on any atom is -0.505 e. The van der Waals surface area contributed by atoms with Crippen molar-refractivity contribution in [1.29, 1.82) is 0 Å². The number of aryl methyl sites for hydroxylation is 1. The Hall–Kier alpha value is -1.13. The SMILES string of the molecule is Cc1cc(F)c(O)c([C@@H](N)C2CCOCC2)c1. The van der Waals surface area contributed by atoms with Gasteiger partial charge in [0, 0.05) is 24.8 Å². The van der Waals surface area contributed by atoms with E-state index in [2.05, 4.69) is 0 Å². The number of hydrogen-bond acceptors (Lipinski definition) is 3. The predicted octanol–water partition coefficient (Wildman–Crippen LogP) is 2.27. The molecule has 2 rings (SSSR count). The van der Waals surface area contributed by atoms with Crippen molar-refractivity contribution in [3.8, 4) is 5.75 Å². The average Bonchev–Trinajstić information content (AvgIpc) is 2.34. The standard InChI is InChI=1S/C13H18FNO2/c1-8-6-10(13(16)11(14)7-8)12(15)9-2-4-17-5-3-9/h6-7,9,12,16H,2-5,15H2,1H3/t12-/m0/s1. The topological polar surface area (TPSA) is 55.5 Å². The van der Waals surface area contributed by atoms with Gasteiger partial charge >= 0.3 is 0 Å². The number of halogens is 1. The largest absolute Gasteiger partial charge is 0.505 e. The first kappa shape index (κ1) is 12.3. The molecule has 0 spiro atoms. The van der Waals surface area contributed by atoms with Crippen LogP contribution in [0, 0.1) is 18.7 Å². The molecule has 1 saturated heterocycles. The Morgan fingerprint density at radius 2 is 2.06 bits per heavy atom. The first-order valence-electron chi connectivity index (χ1n) is 5.92. The molecule has 1 aromatic rings. The first-order chi connectivity index (χ1) is 8.09. The van der Waals surface area contributed by atoms with E-state index in [1.54, 1.807) is 13.0 Å². The zero-order chi connectivity index (χ0) is 12.4. The van der Waals surface area contributed by atoms with Gasteiger partial charge in [0.25, 0.3) is 0 Å². The Balaban J connectivity index is 2.26. The van der Waals surface area contributed by atoms with Crippen molar-refractivity contribution in [2.24, 2.45) is 11.7 Å². The van der Waals surface area contributed by atoms with Crippen molar-refractivity contribution >= 4 is 0 Å². The number of rotatable bonds is 2.